The topological polar surface area (TPSA) is 37.0 Å². The van der Waals surface area contributed by atoms with E-state index in [9.17, 15) is 0 Å². The third-order valence-electron chi connectivity index (χ3n) is 2.94. The molecule has 0 saturated carbocycles. The van der Waals surface area contributed by atoms with Crippen LogP contribution in [0.15, 0.2) is 12.3 Å². The van der Waals surface area contributed by atoms with Crippen LogP contribution in [0.25, 0.3) is 0 Å². The maximum Gasteiger partial charge on any atom is 0.145 e. The summed E-state index contributed by atoms with van der Waals surface area (Å²) in [5.41, 5.74) is 0.0652. The predicted molar refractivity (Wildman–Crippen MR) is 68.4 cm³/mol. The van der Waals surface area contributed by atoms with E-state index >= 15 is 0 Å². The second kappa shape index (κ2) is 4.78. The van der Waals surface area contributed by atoms with Gasteiger partial charge in [0.2, 0.25) is 0 Å². The molecule has 0 atom stereocenters. The van der Waals surface area contributed by atoms with Crippen LogP contribution in [0.4, 0.5) is 5.82 Å². The number of rotatable bonds is 2. The van der Waals surface area contributed by atoms with Gasteiger partial charge in [0.15, 0.2) is 0 Å². The number of halogens is 2. The molecule has 1 saturated heterocycles. The average Bonchev–Trinajstić information content (AvgIpc) is 2.23. The number of nitrogens with zero attached hydrogens (tertiary/aromatic N) is 1. The molecule has 1 aromatic heterocycles. The fourth-order valence-corrected chi connectivity index (χ4v) is 2.32. The van der Waals surface area contributed by atoms with Crippen LogP contribution in [0.5, 0.6) is 0 Å². The van der Waals surface area contributed by atoms with Gasteiger partial charge in [-0.25, -0.2) is 4.98 Å². The summed E-state index contributed by atoms with van der Waals surface area (Å²) in [6.45, 7) is 4.24. The zero-order valence-electron chi connectivity index (χ0n) is 9.19. The Hall–Kier alpha value is -0.510. The minimum absolute atomic E-state index is 0.0652. The van der Waals surface area contributed by atoms with Gasteiger partial charge in [-0.2, -0.15) is 0 Å². The summed E-state index contributed by atoms with van der Waals surface area (Å²) < 4.78 is 0. The molecule has 0 spiro atoms. The molecular weight excluding hydrogens is 245 g/mol. The van der Waals surface area contributed by atoms with Gasteiger partial charge in [0.05, 0.1) is 10.0 Å². The Morgan fingerprint density at radius 3 is 2.69 bits per heavy atom. The first-order chi connectivity index (χ1) is 7.59. The van der Waals surface area contributed by atoms with Crippen LogP contribution < -0.4 is 10.6 Å². The lowest BCUT2D eigenvalue weighted by atomic mass is 9.90. The van der Waals surface area contributed by atoms with E-state index < -0.39 is 0 Å². The van der Waals surface area contributed by atoms with Crippen LogP contribution in [0.3, 0.4) is 0 Å². The Labute approximate surface area is 106 Å². The van der Waals surface area contributed by atoms with Crippen molar-refractivity contribution < 1.29 is 0 Å². The van der Waals surface area contributed by atoms with Gasteiger partial charge in [-0.15, -0.1) is 0 Å². The minimum atomic E-state index is 0.0652. The Morgan fingerprint density at radius 2 is 2.06 bits per heavy atom. The van der Waals surface area contributed by atoms with Crippen molar-refractivity contribution in [2.45, 2.75) is 25.3 Å². The van der Waals surface area contributed by atoms with Crippen molar-refractivity contribution in [1.82, 2.24) is 10.3 Å². The van der Waals surface area contributed by atoms with Crippen LogP contribution in [0, 0.1) is 0 Å². The number of nitrogens with one attached hydrogen (secondary N) is 2. The molecule has 0 amide bonds. The highest BCUT2D eigenvalue weighted by Crippen LogP contribution is 2.28. The van der Waals surface area contributed by atoms with E-state index in [4.69, 9.17) is 23.2 Å². The molecule has 88 valence electrons. The lowest BCUT2D eigenvalue weighted by Crippen LogP contribution is -2.45. The second-order valence-corrected chi connectivity index (χ2v) is 5.26. The maximum atomic E-state index is 6.09. The highest BCUT2D eigenvalue weighted by Gasteiger charge is 2.27. The molecule has 0 aliphatic carbocycles. The number of pyridine rings is 1. The van der Waals surface area contributed by atoms with E-state index in [0.717, 1.165) is 31.7 Å². The van der Waals surface area contributed by atoms with Crippen molar-refractivity contribution in [2.75, 3.05) is 18.4 Å². The zero-order chi connectivity index (χ0) is 11.6. The molecule has 1 fully saturated rings. The van der Waals surface area contributed by atoms with E-state index in [-0.39, 0.29) is 5.54 Å². The van der Waals surface area contributed by atoms with Gasteiger partial charge in [-0.05, 0) is 38.9 Å². The first-order valence-corrected chi connectivity index (χ1v) is 6.15. The van der Waals surface area contributed by atoms with Crippen molar-refractivity contribution in [3.05, 3.63) is 22.3 Å². The summed E-state index contributed by atoms with van der Waals surface area (Å²) in [6, 6.07) is 1.71. The first kappa shape index (κ1) is 12.0. The highest BCUT2D eigenvalue weighted by atomic mass is 35.5. The summed E-state index contributed by atoms with van der Waals surface area (Å²) in [4.78, 5) is 4.22. The molecule has 0 bridgehead atoms. The Morgan fingerprint density at radius 1 is 1.38 bits per heavy atom. The summed E-state index contributed by atoms with van der Waals surface area (Å²) in [5.74, 6) is 0.718. The zero-order valence-corrected chi connectivity index (χ0v) is 10.7. The normalized spacial score (nSPS) is 19.4. The van der Waals surface area contributed by atoms with E-state index in [2.05, 4.69) is 22.5 Å². The fourth-order valence-electron chi connectivity index (χ4n) is 1.90. The number of aromatic nitrogens is 1. The predicted octanol–water partition coefficient (Wildman–Crippen LogP) is 2.94. The fraction of sp³-hybridized carbons (Fsp3) is 0.545. The number of anilines is 1. The standard InChI is InChI=1S/C11H15Cl2N3/c1-11(2-4-14-5-3-11)16-10-9(13)6-8(12)7-15-10/h6-7,14H,2-5H2,1H3,(H,15,16). The molecule has 3 nitrogen and oxygen atoms in total. The smallest absolute Gasteiger partial charge is 0.145 e. The van der Waals surface area contributed by atoms with E-state index in [0.29, 0.717) is 10.0 Å². The Kier molecular flexibility index (Phi) is 3.57. The molecule has 2 heterocycles. The average molecular weight is 260 g/mol. The Balaban J connectivity index is 2.13. The summed E-state index contributed by atoms with van der Waals surface area (Å²) in [7, 11) is 0. The summed E-state index contributed by atoms with van der Waals surface area (Å²) in [6.07, 6.45) is 3.74. The largest absolute Gasteiger partial charge is 0.364 e. The lowest BCUT2D eigenvalue weighted by Gasteiger charge is -2.35. The van der Waals surface area contributed by atoms with Gasteiger partial charge in [-0.3, -0.25) is 0 Å². The molecule has 0 aromatic carbocycles. The van der Waals surface area contributed by atoms with Crippen LogP contribution in [0.2, 0.25) is 10.0 Å². The van der Waals surface area contributed by atoms with Crippen molar-refractivity contribution in [2.24, 2.45) is 0 Å². The molecule has 0 radical (unpaired) electrons. The van der Waals surface area contributed by atoms with E-state index in [1.807, 2.05) is 0 Å². The molecule has 0 unspecified atom stereocenters. The van der Waals surface area contributed by atoms with Gasteiger partial charge in [0.1, 0.15) is 5.82 Å². The molecule has 1 aromatic rings. The van der Waals surface area contributed by atoms with Crippen LogP contribution >= 0.6 is 23.2 Å². The van der Waals surface area contributed by atoms with Gasteiger partial charge in [0.25, 0.3) is 0 Å². The van der Waals surface area contributed by atoms with Gasteiger partial charge in [-0.1, -0.05) is 23.2 Å². The maximum absolute atomic E-state index is 6.09. The van der Waals surface area contributed by atoms with Crippen LogP contribution in [-0.2, 0) is 0 Å². The number of hydrogen-bond acceptors (Lipinski definition) is 3. The highest BCUT2D eigenvalue weighted by molar-refractivity contribution is 6.35. The van der Waals surface area contributed by atoms with Crippen molar-refractivity contribution >= 4 is 29.0 Å². The van der Waals surface area contributed by atoms with Crippen LogP contribution in [-0.4, -0.2) is 23.6 Å². The summed E-state index contributed by atoms with van der Waals surface area (Å²) in [5, 5.41) is 7.88. The molecule has 2 rings (SSSR count). The monoisotopic (exact) mass is 259 g/mol. The van der Waals surface area contributed by atoms with Crippen molar-refractivity contribution in [3.8, 4) is 0 Å². The molecule has 16 heavy (non-hydrogen) atoms. The quantitative estimate of drug-likeness (QED) is 0.858. The van der Waals surface area contributed by atoms with Gasteiger partial charge in [0, 0.05) is 11.7 Å². The van der Waals surface area contributed by atoms with Crippen molar-refractivity contribution in [1.29, 1.82) is 0 Å². The van der Waals surface area contributed by atoms with Crippen molar-refractivity contribution in [3.63, 3.8) is 0 Å². The molecule has 1 aliphatic heterocycles. The van der Waals surface area contributed by atoms with Gasteiger partial charge < -0.3 is 10.6 Å². The van der Waals surface area contributed by atoms with E-state index in [1.54, 1.807) is 12.3 Å². The number of piperidine rings is 1. The second-order valence-electron chi connectivity index (χ2n) is 4.42. The molecule has 2 N–H and O–H groups in total. The van der Waals surface area contributed by atoms with Gasteiger partial charge >= 0.3 is 0 Å². The SMILES string of the molecule is CC1(Nc2ncc(Cl)cc2Cl)CCNCC1. The third kappa shape index (κ3) is 2.78. The molecule has 5 heteroatoms. The first-order valence-electron chi connectivity index (χ1n) is 5.39. The minimum Gasteiger partial charge on any atom is -0.364 e. The molecular formula is C11H15Cl2N3. The van der Waals surface area contributed by atoms with Crippen LogP contribution in [0.1, 0.15) is 19.8 Å². The lowest BCUT2D eigenvalue weighted by molar-refractivity contribution is 0.364. The third-order valence-corrected chi connectivity index (χ3v) is 3.43. The number of hydrogen-bond donors (Lipinski definition) is 2. The Bertz CT molecular complexity index is 375. The van der Waals surface area contributed by atoms with E-state index in [1.165, 1.54) is 0 Å². The summed E-state index contributed by atoms with van der Waals surface area (Å²) >= 11 is 11.9. The molecule has 1 aliphatic rings.